The summed E-state index contributed by atoms with van der Waals surface area (Å²) in [6.07, 6.45) is -10.3. The Balaban J connectivity index is 1.73. The number of amides is 1. The molecule has 0 saturated carbocycles. The molecule has 0 spiro atoms. The lowest BCUT2D eigenvalue weighted by atomic mass is 9.95. The lowest BCUT2D eigenvalue weighted by molar-refractivity contribution is -0.143. The molecule has 4 rings (SSSR count). The molecule has 0 N–H and O–H groups in total. The number of ether oxygens (including phenoxy) is 2. The third kappa shape index (κ3) is 5.98. The molecule has 1 fully saturated rings. The number of cyclic esters (lactones) is 1. The van der Waals surface area contributed by atoms with E-state index < -0.39 is 41.7 Å². The second-order valence-corrected chi connectivity index (χ2v) is 10.1. The molecule has 1 aliphatic rings. The van der Waals surface area contributed by atoms with Gasteiger partial charge in [-0.3, -0.25) is 4.90 Å². The maximum atomic E-state index is 13.4. The van der Waals surface area contributed by atoms with Crippen molar-refractivity contribution < 1.29 is 40.6 Å². The van der Waals surface area contributed by atoms with Crippen LogP contribution in [0, 0.1) is 6.92 Å². The molecular formula is C28H25F6NO3S. The predicted octanol–water partition coefficient (Wildman–Crippen LogP) is 8.51. The summed E-state index contributed by atoms with van der Waals surface area (Å²) < 4.78 is 91.5. The van der Waals surface area contributed by atoms with E-state index in [1.54, 1.807) is 18.9 Å². The van der Waals surface area contributed by atoms with Gasteiger partial charge in [-0.2, -0.15) is 26.3 Å². The molecule has 1 amide bonds. The first-order chi connectivity index (χ1) is 18.2. The molecule has 1 saturated heterocycles. The normalized spacial score (nSPS) is 17.9. The second kappa shape index (κ2) is 10.7. The van der Waals surface area contributed by atoms with Crippen LogP contribution in [0.3, 0.4) is 0 Å². The third-order valence-electron chi connectivity index (χ3n) is 6.63. The maximum absolute atomic E-state index is 13.4. The fraction of sp³-hybridized carbons (Fsp3) is 0.321. The molecule has 0 radical (unpaired) electrons. The van der Waals surface area contributed by atoms with E-state index in [1.807, 2.05) is 49.6 Å². The van der Waals surface area contributed by atoms with E-state index in [0.717, 1.165) is 27.1 Å². The minimum absolute atomic E-state index is 0.0191. The van der Waals surface area contributed by atoms with Crippen molar-refractivity contribution in [3.63, 3.8) is 0 Å². The topological polar surface area (TPSA) is 38.8 Å². The van der Waals surface area contributed by atoms with Crippen molar-refractivity contribution in [2.24, 2.45) is 0 Å². The van der Waals surface area contributed by atoms with Crippen LogP contribution < -0.4 is 4.74 Å². The molecule has 39 heavy (non-hydrogen) atoms. The number of alkyl halides is 6. The van der Waals surface area contributed by atoms with E-state index in [-0.39, 0.29) is 18.2 Å². The number of rotatable bonds is 6. The molecule has 1 aliphatic heterocycles. The lowest BCUT2D eigenvalue weighted by Crippen LogP contribution is -2.31. The standard InChI is InChI=1S/C28H25F6NO3S/c1-15-5-7-22(23-13-21(39-4)6-8-24(23)37-3)18(9-15)14-35-16(2)25(38-26(35)36)17-10-19(27(29,30)31)12-20(11-17)28(32,33)34/h5-13,16,25H,14H2,1-4H3/t16-,25-/m0/s1. The van der Waals surface area contributed by atoms with E-state index >= 15 is 0 Å². The Hall–Kier alpha value is -3.34. The number of aryl methyl sites for hydroxylation is 1. The van der Waals surface area contributed by atoms with Crippen LogP contribution >= 0.6 is 11.8 Å². The van der Waals surface area contributed by atoms with E-state index in [9.17, 15) is 31.1 Å². The van der Waals surface area contributed by atoms with Gasteiger partial charge in [0.25, 0.3) is 0 Å². The summed E-state index contributed by atoms with van der Waals surface area (Å²) in [6.45, 7) is 3.43. The van der Waals surface area contributed by atoms with Crippen molar-refractivity contribution in [1.29, 1.82) is 0 Å². The van der Waals surface area contributed by atoms with Crippen molar-refractivity contribution in [1.82, 2.24) is 4.90 Å². The van der Waals surface area contributed by atoms with Gasteiger partial charge in [-0.25, -0.2) is 4.79 Å². The van der Waals surface area contributed by atoms with Gasteiger partial charge in [-0.15, -0.1) is 11.8 Å². The SMILES string of the molecule is COc1ccc(SC)cc1-c1ccc(C)cc1CN1C(=O)O[C@H](c2cc(C(F)(F)F)cc(C(F)(F)F)c2)[C@@H]1C. The molecule has 3 aromatic rings. The van der Waals surface area contributed by atoms with Crippen LogP contribution in [-0.4, -0.2) is 30.4 Å². The summed E-state index contributed by atoms with van der Waals surface area (Å²) in [4.78, 5) is 15.2. The number of carbonyl (C=O) groups excluding carboxylic acids is 1. The quantitative estimate of drug-likeness (QED) is 0.220. The molecule has 0 bridgehead atoms. The van der Waals surface area contributed by atoms with E-state index in [2.05, 4.69) is 0 Å². The van der Waals surface area contributed by atoms with Gasteiger partial charge in [0.05, 0.1) is 30.8 Å². The van der Waals surface area contributed by atoms with Gasteiger partial charge in [0.15, 0.2) is 0 Å². The van der Waals surface area contributed by atoms with Gasteiger partial charge >= 0.3 is 18.4 Å². The maximum Gasteiger partial charge on any atom is 0.416 e. The number of benzene rings is 3. The van der Waals surface area contributed by atoms with Gasteiger partial charge in [0.1, 0.15) is 11.9 Å². The summed E-state index contributed by atoms with van der Waals surface area (Å²) >= 11 is 1.54. The minimum Gasteiger partial charge on any atom is -0.496 e. The molecular weight excluding hydrogens is 544 g/mol. The number of hydrogen-bond acceptors (Lipinski definition) is 4. The average Bonchev–Trinajstić information content (AvgIpc) is 3.15. The minimum atomic E-state index is -5.01. The fourth-order valence-electron chi connectivity index (χ4n) is 4.63. The predicted molar refractivity (Wildman–Crippen MR) is 136 cm³/mol. The molecule has 0 aromatic heterocycles. The smallest absolute Gasteiger partial charge is 0.416 e. The van der Waals surface area contributed by atoms with Crippen LogP contribution in [0.4, 0.5) is 31.1 Å². The van der Waals surface area contributed by atoms with E-state index in [1.165, 1.54) is 11.8 Å². The highest BCUT2D eigenvalue weighted by Crippen LogP contribution is 2.42. The number of carbonyl (C=O) groups is 1. The Morgan fingerprint density at radius 2 is 1.56 bits per heavy atom. The average molecular weight is 570 g/mol. The van der Waals surface area contributed by atoms with E-state index in [4.69, 9.17) is 9.47 Å². The summed E-state index contributed by atoms with van der Waals surface area (Å²) in [5, 5.41) is 0. The zero-order valence-electron chi connectivity index (χ0n) is 21.4. The highest BCUT2D eigenvalue weighted by molar-refractivity contribution is 7.98. The largest absolute Gasteiger partial charge is 0.496 e. The second-order valence-electron chi connectivity index (χ2n) is 9.24. The third-order valence-corrected chi connectivity index (χ3v) is 7.35. The highest BCUT2D eigenvalue weighted by Gasteiger charge is 2.43. The summed E-state index contributed by atoms with van der Waals surface area (Å²) in [5.74, 6) is 0.608. The van der Waals surface area contributed by atoms with Crippen LogP contribution in [0.1, 0.15) is 40.8 Å². The van der Waals surface area contributed by atoms with E-state index in [0.29, 0.717) is 17.9 Å². The summed E-state index contributed by atoms with van der Waals surface area (Å²) in [5.41, 5.74) is -0.126. The summed E-state index contributed by atoms with van der Waals surface area (Å²) in [7, 11) is 1.54. The lowest BCUT2D eigenvalue weighted by Gasteiger charge is -2.24. The van der Waals surface area contributed by atoms with Crippen molar-refractivity contribution in [2.75, 3.05) is 13.4 Å². The Labute approximate surface area is 225 Å². The number of nitrogens with zero attached hydrogens (tertiary/aromatic N) is 1. The van der Waals surface area contributed by atoms with Gasteiger partial charge in [0.2, 0.25) is 0 Å². The first kappa shape index (κ1) is 28.7. The zero-order chi connectivity index (χ0) is 28.7. The number of hydrogen-bond donors (Lipinski definition) is 0. The zero-order valence-corrected chi connectivity index (χ0v) is 22.2. The van der Waals surface area contributed by atoms with Crippen molar-refractivity contribution in [3.8, 4) is 16.9 Å². The van der Waals surface area contributed by atoms with Gasteiger partial charge in [0, 0.05) is 10.5 Å². The van der Waals surface area contributed by atoms with Gasteiger partial charge in [-0.05, 0) is 73.2 Å². The fourth-order valence-corrected chi connectivity index (χ4v) is 5.07. The number of halogens is 6. The highest BCUT2D eigenvalue weighted by atomic mass is 32.2. The van der Waals surface area contributed by atoms with Crippen LogP contribution in [0.25, 0.3) is 11.1 Å². The van der Waals surface area contributed by atoms with Crippen LogP contribution in [0.5, 0.6) is 5.75 Å². The molecule has 4 nitrogen and oxygen atoms in total. The van der Waals surface area contributed by atoms with Crippen molar-refractivity contribution in [3.05, 3.63) is 82.4 Å². The Bertz CT molecular complexity index is 1360. The number of methoxy groups -OCH3 is 1. The monoisotopic (exact) mass is 569 g/mol. The first-order valence-corrected chi connectivity index (χ1v) is 13.0. The Morgan fingerprint density at radius 1 is 0.923 bits per heavy atom. The van der Waals surface area contributed by atoms with Gasteiger partial charge in [-0.1, -0.05) is 23.8 Å². The molecule has 1 heterocycles. The van der Waals surface area contributed by atoms with Crippen LogP contribution in [-0.2, 0) is 23.6 Å². The van der Waals surface area contributed by atoms with Crippen LogP contribution in [0.15, 0.2) is 59.5 Å². The Kier molecular flexibility index (Phi) is 7.84. The van der Waals surface area contributed by atoms with Crippen molar-refractivity contribution in [2.45, 2.75) is 49.8 Å². The summed E-state index contributed by atoms with van der Waals surface area (Å²) in [6, 6.07) is 11.8. The Morgan fingerprint density at radius 3 is 2.13 bits per heavy atom. The van der Waals surface area contributed by atoms with Crippen molar-refractivity contribution >= 4 is 17.9 Å². The van der Waals surface area contributed by atoms with Gasteiger partial charge < -0.3 is 9.47 Å². The molecule has 208 valence electrons. The molecule has 0 unspecified atom stereocenters. The molecule has 11 heteroatoms. The first-order valence-electron chi connectivity index (χ1n) is 11.8. The molecule has 3 aromatic carbocycles. The number of thioether (sulfide) groups is 1. The van der Waals surface area contributed by atoms with Crippen LogP contribution in [0.2, 0.25) is 0 Å². The molecule has 2 atom stereocenters. The molecule has 0 aliphatic carbocycles.